The number of fused-ring (bicyclic) bond motifs is 1. The lowest BCUT2D eigenvalue weighted by molar-refractivity contribution is 0.0934. The summed E-state index contributed by atoms with van der Waals surface area (Å²) in [7, 11) is 0. The molecule has 1 aromatic heterocycles. The minimum atomic E-state index is -0.314. The monoisotopic (exact) mass is 383 g/mol. The average Bonchev–Trinajstić information content (AvgIpc) is 2.64. The summed E-state index contributed by atoms with van der Waals surface area (Å²) in [5.74, 6) is -0.0774. The largest absolute Gasteiger partial charge is 0.344 e. The van der Waals surface area contributed by atoms with Crippen LogP contribution in [0.15, 0.2) is 53.3 Å². The van der Waals surface area contributed by atoms with E-state index >= 15 is 0 Å². The van der Waals surface area contributed by atoms with E-state index in [4.69, 9.17) is 11.6 Å². The first-order valence-electron chi connectivity index (χ1n) is 8.93. The van der Waals surface area contributed by atoms with Crippen LogP contribution in [0.4, 0.5) is 0 Å². The Balaban J connectivity index is 1.99. The Morgan fingerprint density at radius 3 is 2.33 bits per heavy atom. The molecule has 0 radical (unpaired) electrons. The van der Waals surface area contributed by atoms with Crippen LogP contribution in [0, 0.1) is 5.92 Å². The van der Waals surface area contributed by atoms with E-state index in [2.05, 4.69) is 10.4 Å². The van der Waals surface area contributed by atoms with Gasteiger partial charge in [-0.25, -0.2) is 4.68 Å². The number of halogens is 1. The Hall–Kier alpha value is -2.66. The quantitative estimate of drug-likeness (QED) is 0.718. The van der Waals surface area contributed by atoms with Crippen molar-refractivity contribution in [3.8, 4) is 0 Å². The molecule has 0 aliphatic rings. The van der Waals surface area contributed by atoms with Crippen LogP contribution in [0.5, 0.6) is 0 Å². The molecule has 1 N–H and O–H groups in total. The van der Waals surface area contributed by atoms with Crippen LogP contribution in [-0.2, 0) is 6.54 Å². The van der Waals surface area contributed by atoms with Gasteiger partial charge in [0.25, 0.3) is 11.5 Å². The predicted molar refractivity (Wildman–Crippen MR) is 108 cm³/mol. The summed E-state index contributed by atoms with van der Waals surface area (Å²) in [5.41, 5.74) is 1.01. The van der Waals surface area contributed by atoms with Crippen molar-refractivity contribution >= 4 is 28.3 Å². The van der Waals surface area contributed by atoms with E-state index in [1.807, 2.05) is 32.9 Å². The highest BCUT2D eigenvalue weighted by atomic mass is 35.5. The minimum absolute atomic E-state index is 0.179. The van der Waals surface area contributed by atoms with Crippen molar-refractivity contribution in [1.29, 1.82) is 0 Å². The number of carbonyl (C=O) groups excluding carboxylic acids is 1. The van der Waals surface area contributed by atoms with E-state index in [-0.39, 0.29) is 29.1 Å². The van der Waals surface area contributed by atoms with Gasteiger partial charge in [0.1, 0.15) is 0 Å². The highest BCUT2D eigenvalue weighted by Gasteiger charge is 2.19. The molecule has 3 aromatic rings. The van der Waals surface area contributed by atoms with Crippen molar-refractivity contribution in [3.05, 3.63) is 75.2 Å². The molecule has 1 atom stereocenters. The number of aromatic nitrogens is 2. The molecule has 27 heavy (non-hydrogen) atoms. The van der Waals surface area contributed by atoms with E-state index in [0.29, 0.717) is 22.3 Å². The van der Waals surface area contributed by atoms with Gasteiger partial charge in [0.05, 0.1) is 11.4 Å². The maximum atomic E-state index is 12.9. The summed E-state index contributed by atoms with van der Waals surface area (Å²) in [6, 6.07) is 14.2. The number of rotatable bonds is 5. The highest BCUT2D eigenvalue weighted by Crippen LogP contribution is 2.18. The third kappa shape index (κ3) is 4.19. The van der Waals surface area contributed by atoms with E-state index in [0.717, 1.165) is 5.56 Å². The SMILES string of the molecule is CC(C)Cn1nc(C(=O)N[C@@H](C)c2ccc(Cl)cc2)c2ccccc2c1=O. The molecule has 2 aromatic carbocycles. The zero-order chi connectivity index (χ0) is 19.6. The summed E-state index contributed by atoms with van der Waals surface area (Å²) in [6.45, 7) is 6.36. The molecule has 0 saturated carbocycles. The molecule has 6 heteroatoms. The lowest BCUT2D eigenvalue weighted by atomic mass is 10.1. The first kappa shape index (κ1) is 19.1. The molecule has 1 heterocycles. The lowest BCUT2D eigenvalue weighted by Gasteiger charge is -2.16. The second-order valence-electron chi connectivity index (χ2n) is 7.02. The second-order valence-corrected chi connectivity index (χ2v) is 7.46. The fourth-order valence-corrected chi connectivity index (χ4v) is 3.10. The standard InChI is InChI=1S/C21H22ClN3O2/c1-13(2)12-25-21(27)18-7-5-4-6-17(18)19(24-25)20(26)23-14(3)15-8-10-16(22)11-9-15/h4-11,13-14H,12H2,1-3H3,(H,23,26)/t14-/m0/s1. The van der Waals surface area contributed by atoms with E-state index < -0.39 is 0 Å². The predicted octanol–water partition coefficient (Wildman–Crippen LogP) is 4.20. The Morgan fingerprint density at radius 1 is 1.07 bits per heavy atom. The molecule has 0 aliphatic heterocycles. The zero-order valence-electron chi connectivity index (χ0n) is 15.6. The van der Waals surface area contributed by atoms with Gasteiger partial charge in [-0.1, -0.05) is 55.8 Å². The number of nitrogens with zero attached hydrogens (tertiary/aromatic N) is 2. The topological polar surface area (TPSA) is 64.0 Å². The van der Waals surface area contributed by atoms with Gasteiger partial charge in [-0.05, 0) is 36.6 Å². The van der Waals surface area contributed by atoms with E-state index in [1.165, 1.54) is 4.68 Å². The Morgan fingerprint density at radius 2 is 1.70 bits per heavy atom. The maximum absolute atomic E-state index is 12.9. The van der Waals surface area contributed by atoms with Crippen LogP contribution in [0.1, 0.15) is 42.9 Å². The number of amides is 1. The molecule has 0 spiro atoms. The van der Waals surface area contributed by atoms with Crippen molar-refractivity contribution in [2.75, 3.05) is 0 Å². The highest BCUT2D eigenvalue weighted by molar-refractivity contribution is 6.30. The molecule has 0 saturated heterocycles. The third-order valence-corrected chi connectivity index (χ3v) is 4.59. The molecule has 140 valence electrons. The molecule has 3 rings (SSSR count). The van der Waals surface area contributed by atoms with E-state index in [1.54, 1.807) is 36.4 Å². The summed E-state index contributed by atoms with van der Waals surface area (Å²) in [5, 5.41) is 9.04. The third-order valence-electron chi connectivity index (χ3n) is 4.34. The van der Waals surface area contributed by atoms with Gasteiger partial charge in [0, 0.05) is 17.0 Å². The summed E-state index contributed by atoms with van der Waals surface area (Å²) < 4.78 is 1.38. The van der Waals surface area contributed by atoms with Crippen LogP contribution in [0.25, 0.3) is 10.8 Å². The molecule has 5 nitrogen and oxygen atoms in total. The van der Waals surface area contributed by atoms with Crippen molar-refractivity contribution < 1.29 is 4.79 Å². The summed E-state index contributed by atoms with van der Waals surface area (Å²) >= 11 is 5.93. The molecule has 0 bridgehead atoms. The van der Waals surface area contributed by atoms with Gasteiger partial charge in [-0.15, -0.1) is 0 Å². The van der Waals surface area contributed by atoms with Crippen molar-refractivity contribution in [2.24, 2.45) is 5.92 Å². The molecule has 1 amide bonds. The van der Waals surface area contributed by atoms with Crippen molar-refractivity contribution in [3.63, 3.8) is 0 Å². The second kappa shape index (κ2) is 7.92. The minimum Gasteiger partial charge on any atom is -0.344 e. The number of nitrogens with one attached hydrogen (secondary N) is 1. The van der Waals surface area contributed by atoms with Crippen LogP contribution in [0.3, 0.4) is 0 Å². The molecule has 0 fully saturated rings. The van der Waals surface area contributed by atoms with Crippen LogP contribution in [0.2, 0.25) is 5.02 Å². The smallest absolute Gasteiger partial charge is 0.274 e. The fraction of sp³-hybridized carbons (Fsp3) is 0.286. The maximum Gasteiger partial charge on any atom is 0.274 e. The van der Waals surface area contributed by atoms with Crippen molar-refractivity contribution in [1.82, 2.24) is 15.1 Å². The van der Waals surface area contributed by atoms with E-state index in [9.17, 15) is 9.59 Å². The van der Waals surface area contributed by atoms with Gasteiger partial charge in [0.15, 0.2) is 5.69 Å². The normalized spacial score (nSPS) is 12.3. The fourth-order valence-electron chi connectivity index (χ4n) is 2.97. The summed E-state index contributed by atoms with van der Waals surface area (Å²) in [6.07, 6.45) is 0. The average molecular weight is 384 g/mol. The number of hydrogen-bond donors (Lipinski definition) is 1. The van der Waals surface area contributed by atoms with Crippen molar-refractivity contribution in [2.45, 2.75) is 33.4 Å². The van der Waals surface area contributed by atoms with Crippen LogP contribution < -0.4 is 10.9 Å². The molecular formula is C21H22ClN3O2. The number of hydrogen-bond acceptors (Lipinski definition) is 3. The molecular weight excluding hydrogens is 362 g/mol. The van der Waals surface area contributed by atoms with Gasteiger partial charge in [-0.3, -0.25) is 9.59 Å². The molecule has 0 aliphatic carbocycles. The van der Waals surface area contributed by atoms with Gasteiger partial charge in [0.2, 0.25) is 0 Å². The molecule has 0 unspecified atom stereocenters. The zero-order valence-corrected chi connectivity index (χ0v) is 16.3. The van der Waals surface area contributed by atoms with Gasteiger partial charge < -0.3 is 5.32 Å². The van der Waals surface area contributed by atoms with Gasteiger partial charge >= 0.3 is 0 Å². The van der Waals surface area contributed by atoms with Crippen LogP contribution in [-0.4, -0.2) is 15.7 Å². The first-order chi connectivity index (χ1) is 12.9. The van der Waals surface area contributed by atoms with Gasteiger partial charge in [-0.2, -0.15) is 5.10 Å². The number of carbonyl (C=O) groups is 1. The lowest BCUT2D eigenvalue weighted by Crippen LogP contribution is -2.32. The Bertz CT molecular complexity index is 1030. The Labute approximate surface area is 163 Å². The first-order valence-corrected chi connectivity index (χ1v) is 9.31. The number of benzene rings is 2. The van der Waals surface area contributed by atoms with Crippen LogP contribution >= 0.6 is 11.6 Å². The Kier molecular flexibility index (Phi) is 5.61. The summed E-state index contributed by atoms with van der Waals surface area (Å²) in [4.78, 5) is 25.6.